The van der Waals surface area contributed by atoms with Gasteiger partial charge in [0.25, 0.3) is 11.5 Å². The maximum absolute atomic E-state index is 13.4. The fourth-order valence-electron chi connectivity index (χ4n) is 1.75. The Labute approximate surface area is 134 Å². The molecule has 22 heavy (non-hydrogen) atoms. The lowest BCUT2D eigenvalue weighted by Gasteiger charge is -2.10. The maximum Gasteiger partial charge on any atom is 0.282 e. The Morgan fingerprint density at radius 3 is 2.82 bits per heavy atom. The molecule has 0 fully saturated rings. The molecule has 1 amide bonds. The van der Waals surface area contributed by atoms with Crippen LogP contribution in [0.3, 0.4) is 0 Å². The van der Waals surface area contributed by atoms with Crippen molar-refractivity contribution in [2.24, 2.45) is 7.05 Å². The monoisotopic (exact) mass is 368 g/mol. The lowest BCUT2D eigenvalue weighted by molar-refractivity contribution is 0.0951. The zero-order chi connectivity index (χ0) is 16.1. The zero-order valence-corrected chi connectivity index (χ0v) is 13.4. The predicted molar refractivity (Wildman–Crippen MR) is 84.4 cm³/mol. The summed E-state index contributed by atoms with van der Waals surface area (Å²) in [5, 5.41) is 9.45. The fourth-order valence-corrected chi connectivity index (χ4v) is 2.25. The van der Waals surface area contributed by atoms with Crippen molar-refractivity contribution < 1.29 is 9.18 Å². The molecule has 2 N–H and O–H groups in total. The summed E-state index contributed by atoms with van der Waals surface area (Å²) < 4.78 is 15.0. The predicted octanol–water partition coefficient (Wildman–Crippen LogP) is 1.52. The van der Waals surface area contributed by atoms with Crippen LogP contribution in [-0.2, 0) is 7.05 Å². The maximum atomic E-state index is 13.4. The molecule has 0 aliphatic carbocycles. The number of anilines is 1. The molecular formula is C14H14BrFN4O2. The number of hydrogen-bond donors (Lipinski definition) is 2. The fraction of sp³-hybridized carbons (Fsp3) is 0.214. The number of nitrogens with zero attached hydrogens (tertiary/aromatic N) is 2. The molecule has 2 aromatic rings. The summed E-state index contributed by atoms with van der Waals surface area (Å²) >= 11 is 3.19. The van der Waals surface area contributed by atoms with Crippen molar-refractivity contribution in [3.05, 3.63) is 56.7 Å². The highest BCUT2D eigenvalue weighted by molar-refractivity contribution is 9.10. The van der Waals surface area contributed by atoms with Crippen LogP contribution < -0.4 is 16.2 Å². The SMILES string of the molecule is Cn1ncc(NCCNC(=O)c2ccccc2F)c(Br)c1=O. The van der Waals surface area contributed by atoms with E-state index in [2.05, 4.69) is 31.7 Å². The third-order valence-corrected chi connectivity index (χ3v) is 3.69. The van der Waals surface area contributed by atoms with E-state index in [-0.39, 0.29) is 17.7 Å². The van der Waals surface area contributed by atoms with E-state index in [1.54, 1.807) is 13.1 Å². The van der Waals surface area contributed by atoms with Gasteiger partial charge in [0.2, 0.25) is 0 Å². The lowest BCUT2D eigenvalue weighted by atomic mass is 10.2. The first-order valence-electron chi connectivity index (χ1n) is 6.49. The Morgan fingerprint density at radius 2 is 2.09 bits per heavy atom. The van der Waals surface area contributed by atoms with Gasteiger partial charge in [0.05, 0.1) is 17.4 Å². The quantitative estimate of drug-likeness (QED) is 0.784. The van der Waals surface area contributed by atoms with Crippen LogP contribution in [0.5, 0.6) is 0 Å². The third kappa shape index (κ3) is 3.70. The van der Waals surface area contributed by atoms with E-state index in [0.29, 0.717) is 16.7 Å². The molecule has 0 unspecified atom stereocenters. The molecule has 1 aromatic heterocycles. The van der Waals surface area contributed by atoms with Gasteiger partial charge in [-0.15, -0.1) is 0 Å². The summed E-state index contributed by atoms with van der Waals surface area (Å²) in [6.45, 7) is 0.641. The molecule has 2 rings (SSSR count). The van der Waals surface area contributed by atoms with Gasteiger partial charge in [-0.05, 0) is 28.1 Å². The van der Waals surface area contributed by atoms with Gasteiger partial charge in [-0.1, -0.05) is 12.1 Å². The van der Waals surface area contributed by atoms with Gasteiger partial charge in [0.15, 0.2) is 0 Å². The molecule has 0 radical (unpaired) electrons. The molecule has 1 aromatic carbocycles. The van der Waals surface area contributed by atoms with E-state index in [1.807, 2.05) is 0 Å². The molecule has 6 nitrogen and oxygen atoms in total. The van der Waals surface area contributed by atoms with Crippen LogP contribution in [0, 0.1) is 5.82 Å². The van der Waals surface area contributed by atoms with Gasteiger partial charge in [-0.2, -0.15) is 5.10 Å². The number of aryl methyl sites for hydroxylation is 1. The zero-order valence-electron chi connectivity index (χ0n) is 11.8. The van der Waals surface area contributed by atoms with Crippen molar-refractivity contribution in [2.45, 2.75) is 0 Å². The largest absolute Gasteiger partial charge is 0.381 e. The molecule has 0 saturated heterocycles. The first-order valence-corrected chi connectivity index (χ1v) is 7.28. The Kier molecular flexibility index (Phi) is 5.26. The topological polar surface area (TPSA) is 76.0 Å². The van der Waals surface area contributed by atoms with Crippen LogP contribution in [0.25, 0.3) is 0 Å². The second-order valence-corrected chi connectivity index (χ2v) is 5.26. The van der Waals surface area contributed by atoms with Crippen molar-refractivity contribution in [1.29, 1.82) is 0 Å². The summed E-state index contributed by atoms with van der Waals surface area (Å²) in [7, 11) is 1.55. The number of amides is 1. The summed E-state index contributed by atoms with van der Waals surface area (Å²) in [6, 6.07) is 5.77. The van der Waals surface area contributed by atoms with Gasteiger partial charge >= 0.3 is 0 Å². The number of nitrogens with one attached hydrogen (secondary N) is 2. The van der Waals surface area contributed by atoms with Gasteiger partial charge in [0.1, 0.15) is 10.3 Å². The highest BCUT2D eigenvalue weighted by Gasteiger charge is 2.10. The molecule has 8 heteroatoms. The van der Waals surface area contributed by atoms with Gasteiger partial charge in [-0.3, -0.25) is 9.59 Å². The van der Waals surface area contributed by atoms with Crippen molar-refractivity contribution in [1.82, 2.24) is 15.1 Å². The molecular weight excluding hydrogens is 355 g/mol. The highest BCUT2D eigenvalue weighted by atomic mass is 79.9. The van der Waals surface area contributed by atoms with E-state index in [4.69, 9.17) is 0 Å². The molecule has 0 aliphatic heterocycles. The Bertz CT molecular complexity index is 748. The number of rotatable bonds is 5. The molecule has 0 saturated carbocycles. The smallest absolute Gasteiger partial charge is 0.282 e. The van der Waals surface area contributed by atoms with E-state index < -0.39 is 11.7 Å². The Balaban J connectivity index is 1.88. The summed E-state index contributed by atoms with van der Waals surface area (Å²) in [5.41, 5.74) is 0.266. The van der Waals surface area contributed by atoms with Crippen molar-refractivity contribution in [2.75, 3.05) is 18.4 Å². The summed E-state index contributed by atoms with van der Waals surface area (Å²) in [5.74, 6) is -1.05. The minimum atomic E-state index is -0.563. The average molecular weight is 369 g/mol. The van der Waals surface area contributed by atoms with Gasteiger partial charge < -0.3 is 10.6 Å². The first kappa shape index (κ1) is 16.2. The van der Waals surface area contributed by atoms with Crippen molar-refractivity contribution in [3.8, 4) is 0 Å². The number of hydrogen-bond acceptors (Lipinski definition) is 4. The first-order chi connectivity index (χ1) is 10.5. The van der Waals surface area contributed by atoms with Crippen LogP contribution in [0.15, 0.2) is 39.7 Å². The van der Waals surface area contributed by atoms with E-state index in [1.165, 1.54) is 29.1 Å². The Morgan fingerprint density at radius 1 is 1.36 bits per heavy atom. The normalized spacial score (nSPS) is 10.3. The average Bonchev–Trinajstić information content (AvgIpc) is 2.51. The molecule has 0 atom stereocenters. The summed E-state index contributed by atoms with van der Waals surface area (Å²) in [4.78, 5) is 23.4. The van der Waals surface area contributed by atoms with Crippen molar-refractivity contribution in [3.63, 3.8) is 0 Å². The molecule has 0 spiro atoms. The van der Waals surface area contributed by atoms with Crippen molar-refractivity contribution >= 4 is 27.5 Å². The molecule has 1 heterocycles. The molecule has 0 aliphatic rings. The van der Waals surface area contributed by atoms with Crippen LogP contribution >= 0.6 is 15.9 Å². The number of aromatic nitrogens is 2. The Hall–Kier alpha value is -2.22. The van der Waals surface area contributed by atoms with Crippen LogP contribution in [-0.4, -0.2) is 28.8 Å². The third-order valence-electron chi connectivity index (χ3n) is 2.92. The number of carbonyl (C=O) groups is 1. The highest BCUT2D eigenvalue weighted by Crippen LogP contribution is 2.15. The number of carbonyl (C=O) groups excluding carboxylic acids is 1. The minimum Gasteiger partial charge on any atom is -0.381 e. The second-order valence-electron chi connectivity index (χ2n) is 4.46. The van der Waals surface area contributed by atoms with Crippen LogP contribution in [0.4, 0.5) is 10.1 Å². The second kappa shape index (κ2) is 7.17. The van der Waals surface area contributed by atoms with Gasteiger partial charge in [0, 0.05) is 20.1 Å². The number of halogens is 2. The van der Waals surface area contributed by atoms with Gasteiger partial charge in [-0.25, -0.2) is 9.07 Å². The minimum absolute atomic E-state index is 0.000993. The number of benzene rings is 1. The summed E-state index contributed by atoms with van der Waals surface area (Å²) in [6.07, 6.45) is 1.50. The van der Waals surface area contributed by atoms with Crippen LogP contribution in [0.1, 0.15) is 10.4 Å². The molecule has 116 valence electrons. The van der Waals surface area contributed by atoms with E-state index >= 15 is 0 Å². The standard InChI is InChI=1S/C14H14BrFN4O2/c1-20-14(22)12(15)11(8-19-20)17-6-7-18-13(21)9-4-2-3-5-10(9)16/h2-5,8,17H,6-7H2,1H3,(H,18,21). The van der Waals surface area contributed by atoms with E-state index in [9.17, 15) is 14.0 Å². The van der Waals surface area contributed by atoms with E-state index in [0.717, 1.165) is 0 Å². The lowest BCUT2D eigenvalue weighted by Crippen LogP contribution is -2.30. The molecule has 0 bridgehead atoms. The van der Waals surface area contributed by atoms with Crippen LogP contribution in [0.2, 0.25) is 0 Å².